The third-order valence-electron chi connectivity index (χ3n) is 7.56. The van der Waals surface area contributed by atoms with Gasteiger partial charge < -0.3 is 4.90 Å². The van der Waals surface area contributed by atoms with Crippen LogP contribution in [0.15, 0.2) is 103 Å². The number of rotatable bonds is 5. The fourth-order valence-electron chi connectivity index (χ4n) is 5.92. The Kier molecular flexibility index (Phi) is 5.79. The normalized spacial score (nSPS) is 18.5. The molecule has 1 fully saturated rings. The Morgan fingerprint density at radius 2 is 1.34 bits per heavy atom. The maximum atomic E-state index is 11.2. The van der Waals surface area contributed by atoms with E-state index >= 15 is 0 Å². The molecule has 1 aliphatic heterocycles. The lowest BCUT2D eigenvalue weighted by Crippen LogP contribution is -2.32. The number of hydrogen-bond donors (Lipinski definition) is 0. The molecular formula is C33H29NO. The molecule has 0 bridgehead atoms. The van der Waals surface area contributed by atoms with Gasteiger partial charge in [0.15, 0.2) is 0 Å². The van der Waals surface area contributed by atoms with Crippen LogP contribution in [0, 0.1) is 0 Å². The first-order valence-electron chi connectivity index (χ1n) is 12.6. The van der Waals surface area contributed by atoms with Gasteiger partial charge in [-0.1, -0.05) is 79.6 Å². The first-order chi connectivity index (χ1) is 17.3. The Bertz CT molecular complexity index is 1310. The van der Waals surface area contributed by atoms with Crippen molar-refractivity contribution in [2.45, 2.75) is 37.6 Å². The van der Waals surface area contributed by atoms with Gasteiger partial charge in [-0.2, -0.15) is 0 Å². The monoisotopic (exact) mass is 455 g/mol. The van der Waals surface area contributed by atoms with E-state index in [1.165, 1.54) is 64.9 Å². The smallest absolute Gasteiger partial charge is 0.150 e. The third-order valence-corrected chi connectivity index (χ3v) is 7.56. The van der Waals surface area contributed by atoms with Crippen LogP contribution in [0.2, 0.25) is 0 Å². The summed E-state index contributed by atoms with van der Waals surface area (Å²) < 4.78 is 0. The van der Waals surface area contributed by atoms with E-state index in [-0.39, 0.29) is 0 Å². The van der Waals surface area contributed by atoms with Crippen molar-refractivity contribution in [3.63, 3.8) is 0 Å². The van der Waals surface area contributed by atoms with Gasteiger partial charge in [0.1, 0.15) is 6.29 Å². The highest BCUT2D eigenvalue weighted by Gasteiger charge is 2.40. The van der Waals surface area contributed by atoms with Gasteiger partial charge in [0, 0.05) is 28.9 Å². The molecule has 1 saturated carbocycles. The number of fused-ring (bicyclic) bond motifs is 3. The van der Waals surface area contributed by atoms with Crippen LogP contribution in [0.3, 0.4) is 0 Å². The average Bonchev–Trinajstić information content (AvgIpc) is 3.26. The van der Waals surface area contributed by atoms with Gasteiger partial charge in [-0.05, 0) is 83.1 Å². The molecule has 35 heavy (non-hydrogen) atoms. The van der Waals surface area contributed by atoms with Crippen LogP contribution in [0.25, 0.3) is 11.6 Å². The maximum absolute atomic E-state index is 11.2. The maximum Gasteiger partial charge on any atom is 0.150 e. The van der Waals surface area contributed by atoms with E-state index in [0.29, 0.717) is 12.0 Å². The van der Waals surface area contributed by atoms with Gasteiger partial charge in [-0.15, -0.1) is 0 Å². The van der Waals surface area contributed by atoms with E-state index < -0.39 is 0 Å². The zero-order valence-corrected chi connectivity index (χ0v) is 19.8. The first kappa shape index (κ1) is 21.6. The number of carbonyl (C=O) groups excluding carboxylic acids is 1. The minimum absolute atomic E-state index is 0.489. The van der Waals surface area contributed by atoms with E-state index in [1.807, 2.05) is 12.1 Å². The molecule has 0 saturated heterocycles. The number of benzene rings is 4. The molecule has 0 spiro atoms. The van der Waals surface area contributed by atoms with E-state index in [9.17, 15) is 4.79 Å². The molecule has 172 valence electrons. The Hall–Kier alpha value is -3.91. The second-order valence-corrected chi connectivity index (χ2v) is 9.65. The van der Waals surface area contributed by atoms with Crippen molar-refractivity contribution in [1.82, 2.24) is 0 Å². The SMILES string of the molecule is O=Cc1ccc(N2c3ccc(C=C(c4ccccc4)c4ccccc4)cc3C3CCCCC32)cc1. The molecule has 2 atom stereocenters. The van der Waals surface area contributed by atoms with E-state index in [2.05, 4.69) is 102 Å². The Morgan fingerprint density at radius 1 is 0.714 bits per heavy atom. The molecule has 0 amide bonds. The number of anilines is 2. The lowest BCUT2D eigenvalue weighted by atomic mass is 9.82. The quantitative estimate of drug-likeness (QED) is 0.223. The summed E-state index contributed by atoms with van der Waals surface area (Å²) in [6, 6.07) is 36.9. The molecule has 6 rings (SSSR count). The summed E-state index contributed by atoms with van der Waals surface area (Å²) in [5, 5.41) is 0. The fourth-order valence-corrected chi connectivity index (χ4v) is 5.92. The second kappa shape index (κ2) is 9.38. The van der Waals surface area contributed by atoms with Crippen molar-refractivity contribution >= 4 is 29.3 Å². The highest BCUT2D eigenvalue weighted by molar-refractivity contribution is 5.92. The molecule has 2 aliphatic rings. The largest absolute Gasteiger partial charge is 0.338 e. The Morgan fingerprint density at radius 3 is 2.00 bits per heavy atom. The predicted octanol–water partition coefficient (Wildman–Crippen LogP) is 8.27. The number of hydrogen-bond acceptors (Lipinski definition) is 2. The lowest BCUT2D eigenvalue weighted by molar-refractivity contribution is 0.112. The Labute approximate surface area is 207 Å². The van der Waals surface area contributed by atoms with Crippen molar-refractivity contribution in [3.8, 4) is 0 Å². The Balaban J connectivity index is 1.44. The number of carbonyl (C=O) groups is 1. The van der Waals surface area contributed by atoms with Crippen LogP contribution < -0.4 is 4.90 Å². The summed E-state index contributed by atoms with van der Waals surface area (Å²) in [6.07, 6.45) is 8.26. The van der Waals surface area contributed by atoms with Crippen molar-refractivity contribution < 1.29 is 4.79 Å². The molecule has 2 nitrogen and oxygen atoms in total. The van der Waals surface area contributed by atoms with Crippen LogP contribution in [0.4, 0.5) is 11.4 Å². The lowest BCUT2D eigenvalue weighted by Gasteiger charge is -2.33. The van der Waals surface area contributed by atoms with Crippen LogP contribution >= 0.6 is 0 Å². The molecule has 4 aromatic rings. The molecule has 1 heterocycles. The minimum Gasteiger partial charge on any atom is -0.338 e. The predicted molar refractivity (Wildman–Crippen MR) is 145 cm³/mol. The van der Waals surface area contributed by atoms with Gasteiger partial charge in [0.05, 0.1) is 0 Å². The zero-order valence-electron chi connectivity index (χ0n) is 19.8. The van der Waals surface area contributed by atoms with Crippen LogP contribution in [0.5, 0.6) is 0 Å². The zero-order chi connectivity index (χ0) is 23.6. The molecule has 4 aromatic carbocycles. The van der Waals surface area contributed by atoms with Crippen molar-refractivity contribution in [3.05, 3.63) is 131 Å². The van der Waals surface area contributed by atoms with Crippen molar-refractivity contribution in [1.29, 1.82) is 0 Å². The van der Waals surface area contributed by atoms with Crippen molar-refractivity contribution in [2.75, 3.05) is 4.90 Å². The van der Waals surface area contributed by atoms with E-state index in [4.69, 9.17) is 0 Å². The standard InChI is InChI=1S/C33H29NO/c35-23-24-15-18-28(19-16-24)34-32-14-8-7-13-29(32)31-22-25(17-20-33(31)34)21-30(26-9-3-1-4-10-26)27-11-5-2-6-12-27/h1-6,9-12,15-23,29,32H,7-8,13-14H2. The van der Waals surface area contributed by atoms with Crippen LogP contribution in [-0.4, -0.2) is 12.3 Å². The molecule has 2 unspecified atom stereocenters. The molecule has 0 radical (unpaired) electrons. The summed E-state index contributed by atoms with van der Waals surface area (Å²) in [7, 11) is 0. The molecule has 2 heteroatoms. The highest BCUT2D eigenvalue weighted by atomic mass is 16.1. The summed E-state index contributed by atoms with van der Waals surface area (Å²) in [6.45, 7) is 0. The summed E-state index contributed by atoms with van der Waals surface area (Å²) in [5.74, 6) is 0.551. The van der Waals surface area contributed by atoms with Crippen molar-refractivity contribution in [2.24, 2.45) is 0 Å². The average molecular weight is 456 g/mol. The fraction of sp³-hybridized carbons (Fsp3) is 0.182. The highest BCUT2D eigenvalue weighted by Crippen LogP contribution is 2.51. The number of aldehydes is 1. The molecule has 1 aliphatic carbocycles. The third kappa shape index (κ3) is 4.10. The summed E-state index contributed by atoms with van der Waals surface area (Å²) >= 11 is 0. The molecular weight excluding hydrogens is 426 g/mol. The summed E-state index contributed by atoms with van der Waals surface area (Å²) in [4.78, 5) is 13.7. The van der Waals surface area contributed by atoms with Crippen LogP contribution in [-0.2, 0) is 0 Å². The van der Waals surface area contributed by atoms with Gasteiger partial charge in [0.2, 0.25) is 0 Å². The van der Waals surface area contributed by atoms with Gasteiger partial charge in [0.25, 0.3) is 0 Å². The minimum atomic E-state index is 0.489. The molecule has 0 N–H and O–H groups in total. The van der Waals surface area contributed by atoms with E-state index in [0.717, 1.165) is 11.8 Å². The topological polar surface area (TPSA) is 20.3 Å². The second-order valence-electron chi connectivity index (χ2n) is 9.65. The van der Waals surface area contributed by atoms with Gasteiger partial charge in [-0.25, -0.2) is 0 Å². The van der Waals surface area contributed by atoms with Crippen LogP contribution in [0.1, 0.15) is 64.2 Å². The first-order valence-corrected chi connectivity index (χ1v) is 12.6. The summed E-state index contributed by atoms with van der Waals surface area (Å²) in [5.41, 5.74) is 9.63. The number of nitrogens with zero attached hydrogens (tertiary/aromatic N) is 1. The van der Waals surface area contributed by atoms with Gasteiger partial charge in [-0.3, -0.25) is 4.79 Å². The van der Waals surface area contributed by atoms with Gasteiger partial charge >= 0.3 is 0 Å². The van der Waals surface area contributed by atoms with E-state index in [1.54, 1.807) is 0 Å². The molecule has 0 aromatic heterocycles.